The highest BCUT2D eigenvalue weighted by atomic mass is 79.9. The summed E-state index contributed by atoms with van der Waals surface area (Å²) in [5, 5.41) is 0. The van der Waals surface area contributed by atoms with Crippen molar-refractivity contribution in [1.29, 1.82) is 0 Å². The van der Waals surface area contributed by atoms with Crippen LogP contribution in [0.5, 0.6) is 5.75 Å². The van der Waals surface area contributed by atoms with Crippen LogP contribution < -0.4 is 10.5 Å². The predicted octanol–water partition coefficient (Wildman–Crippen LogP) is 4.20. The quantitative estimate of drug-likeness (QED) is 0.877. The Hall–Kier alpha value is -0.750. The Morgan fingerprint density at radius 2 is 1.84 bits per heavy atom. The molecule has 2 N–H and O–H groups in total. The van der Waals surface area contributed by atoms with Gasteiger partial charge in [-0.3, -0.25) is 0 Å². The van der Waals surface area contributed by atoms with Gasteiger partial charge in [-0.1, -0.05) is 12.8 Å². The highest BCUT2D eigenvalue weighted by Gasteiger charge is 2.39. The molecule has 0 saturated heterocycles. The third-order valence-electron chi connectivity index (χ3n) is 3.62. The number of methoxy groups -OCH3 is 1. The van der Waals surface area contributed by atoms with Gasteiger partial charge in [-0.25, -0.2) is 0 Å². The van der Waals surface area contributed by atoms with Gasteiger partial charge in [0.2, 0.25) is 0 Å². The predicted molar refractivity (Wildman–Crippen MR) is 70.0 cm³/mol. The van der Waals surface area contributed by atoms with Gasteiger partial charge in [-0.2, -0.15) is 13.2 Å². The maximum atomic E-state index is 13.1. The Balaban J connectivity index is 2.57. The molecule has 1 saturated carbocycles. The normalized spacial score (nSPS) is 18.6. The van der Waals surface area contributed by atoms with Gasteiger partial charge in [-0.15, -0.1) is 0 Å². The molecule has 0 aromatic heterocycles. The lowest BCUT2D eigenvalue weighted by Crippen LogP contribution is -2.33. The molecule has 0 spiro atoms. The van der Waals surface area contributed by atoms with Gasteiger partial charge in [0.05, 0.1) is 17.1 Å². The monoisotopic (exact) mass is 337 g/mol. The Kier molecular flexibility index (Phi) is 3.84. The average molecular weight is 338 g/mol. The highest BCUT2D eigenvalue weighted by molar-refractivity contribution is 9.10. The van der Waals surface area contributed by atoms with Crippen molar-refractivity contribution >= 4 is 15.9 Å². The van der Waals surface area contributed by atoms with Crippen LogP contribution >= 0.6 is 15.9 Å². The Morgan fingerprint density at radius 3 is 2.32 bits per heavy atom. The number of nitrogens with two attached hydrogens (primary N) is 1. The second kappa shape index (κ2) is 4.98. The molecule has 2 nitrogen and oxygen atoms in total. The minimum absolute atomic E-state index is 0.196. The van der Waals surface area contributed by atoms with E-state index in [1.165, 1.54) is 7.11 Å². The zero-order valence-corrected chi connectivity index (χ0v) is 12.1. The molecule has 19 heavy (non-hydrogen) atoms. The van der Waals surface area contributed by atoms with Crippen molar-refractivity contribution in [3.8, 4) is 5.75 Å². The molecule has 2 rings (SSSR count). The van der Waals surface area contributed by atoms with Crippen LogP contribution in [-0.2, 0) is 11.7 Å². The first-order valence-electron chi connectivity index (χ1n) is 6.02. The number of ether oxygens (including phenoxy) is 1. The van der Waals surface area contributed by atoms with Crippen LogP contribution in [0.2, 0.25) is 0 Å². The summed E-state index contributed by atoms with van der Waals surface area (Å²) in [4.78, 5) is 0. The summed E-state index contributed by atoms with van der Waals surface area (Å²) in [6, 6.07) is 2.76. The Bertz CT molecular complexity index is 482. The largest absolute Gasteiger partial charge is 0.495 e. The minimum Gasteiger partial charge on any atom is -0.495 e. The summed E-state index contributed by atoms with van der Waals surface area (Å²) < 4.78 is 44.3. The van der Waals surface area contributed by atoms with Crippen LogP contribution in [0.25, 0.3) is 0 Å². The van der Waals surface area contributed by atoms with Crippen molar-refractivity contribution in [2.45, 2.75) is 37.4 Å². The third kappa shape index (κ3) is 2.74. The Labute approximate surface area is 118 Å². The van der Waals surface area contributed by atoms with Crippen LogP contribution in [0.1, 0.15) is 36.8 Å². The summed E-state index contributed by atoms with van der Waals surface area (Å²) in [6.45, 7) is 0. The van der Waals surface area contributed by atoms with E-state index in [2.05, 4.69) is 15.9 Å². The fraction of sp³-hybridized carbons (Fsp3) is 0.538. The zero-order valence-electron chi connectivity index (χ0n) is 10.5. The number of alkyl halides is 3. The van der Waals surface area contributed by atoms with E-state index in [0.717, 1.165) is 18.9 Å². The summed E-state index contributed by atoms with van der Waals surface area (Å²) in [5.74, 6) is -0.196. The first kappa shape index (κ1) is 14.7. The fourth-order valence-corrected chi connectivity index (χ4v) is 3.22. The topological polar surface area (TPSA) is 35.2 Å². The smallest absolute Gasteiger partial charge is 0.420 e. The summed E-state index contributed by atoms with van der Waals surface area (Å²) >= 11 is 3.14. The van der Waals surface area contributed by atoms with Crippen molar-refractivity contribution in [1.82, 2.24) is 0 Å². The summed E-state index contributed by atoms with van der Waals surface area (Å²) in [5.41, 5.74) is 5.30. The van der Waals surface area contributed by atoms with E-state index >= 15 is 0 Å². The lowest BCUT2D eigenvalue weighted by Gasteiger charge is -2.26. The Morgan fingerprint density at radius 1 is 1.26 bits per heavy atom. The number of halogens is 4. The molecule has 0 bridgehead atoms. The van der Waals surface area contributed by atoms with Crippen LogP contribution in [0, 0.1) is 0 Å². The molecular formula is C13H15BrF3NO. The van der Waals surface area contributed by atoms with Gasteiger partial charge < -0.3 is 10.5 Å². The second-order valence-corrected chi connectivity index (χ2v) is 5.75. The SMILES string of the molecule is COc1c(Br)cc(C2(N)CCCC2)cc1C(F)(F)F. The van der Waals surface area contributed by atoms with E-state index < -0.39 is 17.3 Å². The molecule has 1 fully saturated rings. The van der Waals surface area contributed by atoms with Gasteiger partial charge in [-0.05, 0) is 46.5 Å². The van der Waals surface area contributed by atoms with E-state index in [-0.39, 0.29) is 10.2 Å². The molecule has 0 heterocycles. The average Bonchev–Trinajstić information content (AvgIpc) is 2.75. The molecule has 0 aliphatic heterocycles. The maximum Gasteiger partial charge on any atom is 0.420 e. The lowest BCUT2D eigenvalue weighted by atomic mass is 9.88. The van der Waals surface area contributed by atoms with Crippen molar-refractivity contribution in [2.75, 3.05) is 7.11 Å². The molecule has 0 unspecified atom stereocenters. The molecule has 1 aliphatic rings. The molecule has 1 aromatic carbocycles. The third-order valence-corrected chi connectivity index (χ3v) is 4.21. The fourth-order valence-electron chi connectivity index (χ4n) is 2.59. The van der Waals surface area contributed by atoms with Crippen LogP contribution in [0.4, 0.5) is 13.2 Å². The standard InChI is InChI=1S/C13H15BrF3NO/c1-19-11-9(13(15,16)17)6-8(7-10(11)14)12(18)4-2-3-5-12/h6-7H,2-5,18H2,1H3. The van der Waals surface area contributed by atoms with Crippen molar-refractivity contribution in [3.63, 3.8) is 0 Å². The molecular weight excluding hydrogens is 323 g/mol. The van der Waals surface area contributed by atoms with Gasteiger partial charge in [0.15, 0.2) is 0 Å². The van der Waals surface area contributed by atoms with E-state index in [0.29, 0.717) is 18.4 Å². The molecule has 106 valence electrons. The van der Waals surface area contributed by atoms with Crippen molar-refractivity contribution in [2.24, 2.45) is 5.73 Å². The van der Waals surface area contributed by atoms with Gasteiger partial charge in [0, 0.05) is 5.54 Å². The van der Waals surface area contributed by atoms with Crippen LogP contribution in [-0.4, -0.2) is 7.11 Å². The van der Waals surface area contributed by atoms with Gasteiger partial charge in [0.25, 0.3) is 0 Å². The zero-order chi connectivity index (χ0) is 14.3. The highest BCUT2D eigenvalue weighted by Crippen LogP contribution is 2.45. The number of hydrogen-bond donors (Lipinski definition) is 1. The van der Waals surface area contributed by atoms with E-state index in [1.807, 2.05) is 0 Å². The first-order chi connectivity index (χ1) is 8.78. The number of benzene rings is 1. The molecule has 6 heteroatoms. The van der Waals surface area contributed by atoms with E-state index in [1.54, 1.807) is 6.07 Å². The second-order valence-electron chi connectivity index (χ2n) is 4.90. The summed E-state index contributed by atoms with van der Waals surface area (Å²) in [6.07, 6.45) is -1.14. The summed E-state index contributed by atoms with van der Waals surface area (Å²) in [7, 11) is 1.22. The van der Waals surface area contributed by atoms with E-state index in [9.17, 15) is 13.2 Å². The lowest BCUT2D eigenvalue weighted by molar-refractivity contribution is -0.138. The molecule has 0 amide bonds. The van der Waals surface area contributed by atoms with Crippen molar-refractivity contribution in [3.05, 3.63) is 27.7 Å². The van der Waals surface area contributed by atoms with Gasteiger partial charge in [0.1, 0.15) is 5.75 Å². The van der Waals surface area contributed by atoms with Crippen LogP contribution in [0.15, 0.2) is 16.6 Å². The van der Waals surface area contributed by atoms with Crippen LogP contribution in [0.3, 0.4) is 0 Å². The maximum absolute atomic E-state index is 13.1. The molecule has 0 atom stereocenters. The number of hydrogen-bond acceptors (Lipinski definition) is 2. The van der Waals surface area contributed by atoms with Crippen molar-refractivity contribution < 1.29 is 17.9 Å². The number of rotatable bonds is 2. The minimum atomic E-state index is -4.46. The molecule has 1 aromatic rings. The first-order valence-corrected chi connectivity index (χ1v) is 6.81. The van der Waals surface area contributed by atoms with E-state index in [4.69, 9.17) is 10.5 Å². The molecule has 0 radical (unpaired) electrons. The van der Waals surface area contributed by atoms with Gasteiger partial charge >= 0.3 is 6.18 Å². The molecule has 1 aliphatic carbocycles.